The van der Waals surface area contributed by atoms with E-state index in [-0.39, 0.29) is 11.9 Å². The Bertz CT molecular complexity index is 871. The van der Waals surface area contributed by atoms with Gasteiger partial charge in [-0.15, -0.1) is 5.10 Å². The first-order valence-corrected chi connectivity index (χ1v) is 7.73. The summed E-state index contributed by atoms with van der Waals surface area (Å²) in [7, 11) is 5.49. The maximum Gasteiger partial charge on any atom is 0.258 e. The van der Waals surface area contributed by atoms with Crippen molar-refractivity contribution < 1.29 is 9.53 Å². The average molecular weight is 337 g/mol. The molecule has 0 unspecified atom stereocenters. The van der Waals surface area contributed by atoms with Crippen molar-refractivity contribution in [2.75, 3.05) is 31.4 Å². The molecular weight excluding hydrogens is 318 g/mol. The van der Waals surface area contributed by atoms with Gasteiger partial charge >= 0.3 is 0 Å². The van der Waals surface area contributed by atoms with Crippen LogP contribution in [0.5, 0.6) is 5.75 Å². The first-order valence-electron chi connectivity index (χ1n) is 7.73. The zero-order chi connectivity index (χ0) is 17.8. The lowest BCUT2D eigenvalue weighted by atomic mass is 10.2. The minimum absolute atomic E-state index is 0.211. The zero-order valence-electron chi connectivity index (χ0n) is 14.3. The van der Waals surface area contributed by atoms with Gasteiger partial charge in [0, 0.05) is 25.3 Å². The predicted octanol–water partition coefficient (Wildman–Crippen LogP) is 2.80. The number of aromatic nitrogens is 3. The molecule has 0 aliphatic heterocycles. The van der Waals surface area contributed by atoms with Gasteiger partial charge in [-0.05, 0) is 36.4 Å². The number of nitrogens with one attached hydrogen (secondary N) is 2. The molecular formula is C18H19N5O2. The van der Waals surface area contributed by atoms with Crippen molar-refractivity contribution in [1.29, 1.82) is 0 Å². The third-order valence-corrected chi connectivity index (χ3v) is 3.72. The molecule has 25 heavy (non-hydrogen) atoms. The van der Waals surface area contributed by atoms with Crippen LogP contribution >= 0.6 is 0 Å². The van der Waals surface area contributed by atoms with Crippen LogP contribution < -0.4 is 15.0 Å². The number of amides is 1. The second-order valence-corrected chi connectivity index (χ2v) is 5.60. The molecule has 1 heterocycles. The molecule has 0 saturated heterocycles. The number of ether oxygens (including phenoxy) is 1. The highest BCUT2D eigenvalue weighted by Crippen LogP contribution is 2.27. The normalized spacial score (nSPS) is 10.4. The van der Waals surface area contributed by atoms with Crippen molar-refractivity contribution in [3.8, 4) is 17.1 Å². The first-order chi connectivity index (χ1) is 12.1. The van der Waals surface area contributed by atoms with E-state index in [4.69, 9.17) is 4.74 Å². The van der Waals surface area contributed by atoms with Crippen LogP contribution in [0.1, 0.15) is 10.4 Å². The monoisotopic (exact) mass is 337 g/mol. The molecule has 0 radical (unpaired) electrons. The molecule has 3 rings (SSSR count). The first kappa shape index (κ1) is 16.5. The molecule has 0 spiro atoms. The van der Waals surface area contributed by atoms with Gasteiger partial charge in [-0.3, -0.25) is 15.2 Å². The van der Waals surface area contributed by atoms with Gasteiger partial charge < -0.3 is 9.64 Å². The fraction of sp³-hybridized carbons (Fsp3) is 0.167. The molecule has 2 N–H and O–H groups in total. The lowest BCUT2D eigenvalue weighted by Crippen LogP contribution is -2.14. The number of anilines is 2. The van der Waals surface area contributed by atoms with E-state index in [1.54, 1.807) is 19.2 Å². The van der Waals surface area contributed by atoms with Crippen molar-refractivity contribution >= 4 is 17.5 Å². The van der Waals surface area contributed by atoms with Crippen LogP contribution in [0.3, 0.4) is 0 Å². The van der Waals surface area contributed by atoms with Gasteiger partial charge in [-0.25, -0.2) is 0 Å². The standard InChI is InChI=1S/C18H19N5O2/c1-23(2)13-10-8-12(9-11-13)17(24)20-18-19-16(21-22-18)14-6-4-5-7-15(14)25-3/h4-11H,1-3H3,(H2,19,20,21,22,24). The van der Waals surface area contributed by atoms with Crippen LogP contribution in [0.4, 0.5) is 11.6 Å². The molecule has 0 saturated carbocycles. The fourth-order valence-electron chi connectivity index (χ4n) is 2.36. The molecule has 0 atom stereocenters. The van der Waals surface area contributed by atoms with Gasteiger partial charge in [-0.2, -0.15) is 4.98 Å². The molecule has 2 aromatic carbocycles. The molecule has 0 bridgehead atoms. The molecule has 1 amide bonds. The number of carbonyl (C=O) groups excluding carboxylic acids is 1. The van der Waals surface area contributed by atoms with Crippen LogP contribution in [0.2, 0.25) is 0 Å². The van der Waals surface area contributed by atoms with Crippen LogP contribution in [0.15, 0.2) is 48.5 Å². The average Bonchev–Trinajstić information content (AvgIpc) is 3.10. The van der Waals surface area contributed by atoms with E-state index in [9.17, 15) is 4.79 Å². The third kappa shape index (κ3) is 3.60. The summed E-state index contributed by atoms with van der Waals surface area (Å²) >= 11 is 0. The Balaban J connectivity index is 1.76. The minimum atomic E-state index is -0.268. The van der Waals surface area contributed by atoms with Crippen LogP contribution in [0.25, 0.3) is 11.4 Å². The lowest BCUT2D eigenvalue weighted by Gasteiger charge is -2.12. The smallest absolute Gasteiger partial charge is 0.258 e. The number of rotatable bonds is 5. The summed E-state index contributed by atoms with van der Waals surface area (Å²) in [5.74, 6) is 1.14. The Morgan fingerprint density at radius 2 is 1.84 bits per heavy atom. The molecule has 0 fully saturated rings. The summed E-state index contributed by atoms with van der Waals surface area (Å²) in [5, 5.41) is 9.55. The molecule has 7 heteroatoms. The number of hydrogen-bond donors (Lipinski definition) is 2. The number of para-hydroxylation sites is 1. The Labute approximate surface area is 145 Å². The zero-order valence-corrected chi connectivity index (χ0v) is 14.3. The number of nitrogens with zero attached hydrogens (tertiary/aromatic N) is 3. The molecule has 128 valence electrons. The third-order valence-electron chi connectivity index (χ3n) is 3.72. The molecule has 1 aromatic heterocycles. The summed E-state index contributed by atoms with van der Waals surface area (Å²) in [4.78, 5) is 18.6. The highest BCUT2D eigenvalue weighted by molar-refractivity contribution is 6.03. The highest BCUT2D eigenvalue weighted by atomic mass is 16.5. The molecule has 0 aliphatic carbocycles. The van der Waals surface area contributed by atoms with Gasteiger partial charge in [0.15, 0.2) is 5.82 Å². The summed E-state index contributed by atoms with van der Waals surface area (Å²) in [6.07, 6.45) is 0. The summed E-state index contributed by atoms with van der Waals surface area (Å²) in [6.45, 7) is 0. The Kier molecular flexibility index (Phi) is 4.65. The van der Waals surface area contributed by atoms with Crippen LogP contribution in [0, 0.1) is 0 Å². The lowest BCUT2D eigenvalue weighted by molar-refractivity contribution is 0.102. The van der Waals surface area contributed by atoms with Gasteiger partial charge in [0.25, 0.3) is 5.91 Å². The van der Waals surface area contributed by atoms with Crippen molar-refractivity contribution in [2.24, 2.45) is 0 Å². The van der Waals surface area contributed by atoms with Crippen molar-refractivity contribution in [2.45, 2.75) is 0 Å². The van der Waals surface area contributed by atoms with E-state index in [2.05, 4.69) is 20.5 Å². The Hall–Kier alpha value is -3.35. The number of carbonyl (C=O) groups is 1. The van der Waals surface area contributed by atoms with E-state index in [1.807, 2.05) is 55.4 Å². The number of H-pyrrole nitrogens is 1. The molecule has 3 aromatic rings. The predicted molar refractivity (Wildman–Crippen MR) is 97.1 cm³/mol. The Morgan fingerprint density at radius 3 is 2.52 bits per heavy atom. The second-order valence-electron chi connectivity index (χ2n) is 5.60. The highest BCUT2D eigenvalue weighted by Gasteiger charge is 2.13. The van der Waals surface area contributed by atoms with Gasteiger partial charge in [0.1, 0.15) is 5.75 Å². The topological polar surface area (TPSA) is 83.1 Å². The minimum Gasteiger partial charge on any atom is -0.496 e. The number of benzene rings is 2. The van der Waals surface area contributed by atoms with Gasteiger partial charge in [0.2, 0.25) is 5.95 Å². The summed E-state index contributed by atoms with van der Waals surface area (Å²) < 4.78 is 5.31. The van der Waals surface area contributed by atoms with Crippen LogP contribution in [-0.2, 0) is 0 Å². The van der Waals surface area contributed by atoms with Crippen LogP contribution in [-0.4, -0.2) is 42.3 Å². The Morgan fingerprint density at radius 1 is 1.12 bits per heavy atom. The summed E-state index contributed by atoms with van der Waals surface area (Å²) in [6, 6.07) is 14.7. The van der Waals surface area contributed by atoms with Gasteiger partial charge in [-0.1, -0.05) is 12.1 Å². The van der Waals surface area contributed by atoms with E-state index >= 15 is 0 Å². The number of hydrogen-bond acceptors (Lipinski definition) is 5. The fourth-order valence-corrected chi connectivity index (χ4v) is 2.36. The summed E-state index contributed by atoms with van der Waals surface area (Å²) in [5.41, 5.74) is 2.33. The van der Waals surface area contributed by atoms with E-state index < -0.39 is 0 Å². The second kappa shape index (κ2) is 7.04. The van der Waals surface area contributed by atoms with Gasteiger partial charge in [0.05, 0.1) is 12.7 Å². The van der Waals surface area contributed by atoms with Crippen molar-refractivity contribution in [1.82, 2.24) is 15.2 Å². The largest absolute Gasteiger partial charge is 0.496 e. The van der Waals surface area contributed by atoms with E-state index in [1.165, 1.54) is 0 Å². The maximum absolute atomic E-state index is 12.3. The van der Waals surface area contributed by atoms with E-state index in [0.29, 0.717) is 17.1 Å². The SMILES string of the molecule is COc1ccccc1-c1nc(NC(=O)c2ccc(N(C)C)cc2)n[nH]1. The molecule has 0 aliphatic rings. The maximum atomic E-state index is 12.3. The van der Waals surface area contributed by atoms with Crippen molar-refractivity contribution in [3.05, 3.63) is 54.1 Å². The van der Waals surface area contributed by atoms with Crippen molar-refractivity contribution in [3.63, 3.8) is 0 Å². The molecule has 7 nitrogen and oxygen atoms in total. The number of aromatic amines is 1. The quantitative estimate of drug-likeness (QED) is 0.748. The van der Waals surface area contributed by atoms with E-state index in [0.717, 1.165) is 11.3 Å². The number of methoxy groups -OCH3 is 1.